The third-order valence-electron chi connectivity index (χ3n) is 4.22. The SMILES string of the molecule is CCCCn1ncc(NCC2(C)CCCC2)c(Cl)c1=O. The number of unbranched alkanes of at least 4 members (excludes halogenated alkanes) is 1. The van der Waals surface area contributed by atoms with Crippen molar-refractivity contribution in [2.75, 3.05) is 11.9 Å². The van der Waals surface area contributed by atoms with Crippen molar-refractivity contribution in [1.29, 1.82) is 0 Å². The molecule has 1 aliphatic rings. The van der Waals surface area contributed by atoms with Gasteiger partial charge in [-0.25, -0.2) is 4.68 Å². The van der Waals surface area contributed by atoms with Gasteiger partial charge in [0, 0.05) is 13.1 Å². The lowest BCUT2D eigenvalue weighted by molar-refractivity contribution is 0.362. The number of nitrogens with zero attached hydrogens (tertiary/aromatic N) is 2. The Morgan fingerprint density at radius 1 is 1.45 bits per heavy atom. The van der Waals surface area contributed by atoms with Crippen LogP contribution in [-0.2, 0) is 6.54 Å². The number of hydrogen-bond acceptors (Lipinski definition) is 3. The maximum absolute atomic E-state index is 12.1. The molecule has 0 amide bonds. The van der Waals surface area contributed by atoms with E-state index >= 15 is 0 Å². The van der Waals surface area contributed by atoms with Crippen molar-refractivity contribution in [2.45, 2.75) is 58.9 Å². The van der Waals surface area contributed by atoms with Gasteiger partial charge in [-0.1, -0.05) is 44.7 Å². The summed E-state index contributed by atoms with van der Waals surface area (Å²) < 4.78 is 1.45. The van der Waals surface area contributed by atoms with Gasteiger partial charge in [0.15, 0.2) is 0 Å². The van der Waals surface area contributed by atoms with E-state index in [0.717, 1.165) is 19.4 Å². The highest BCUT2D eigenvalue weighted by Crippen LogP contribution is 2.37. The zero-order chi connectivity index (χ0) is 14.6. The Morgan fingerprint density at radius 2 is 2.15 bits per heavy atom. The Kier molecular flexibility index (Phi) is 5.08. The van der Waals surface area contributed by atoms with Crippen molar-refractivity contribution in [1.82, 2.24) is 9.78 Å². The van der Waals surface area contributed by atoms with Gasteiger partial charge in [-0.2, -0.15) is 5.10 Å². The Balaban J connectivity index is 2.05. The number of anilines is 1. The minimum absolute atomic E-state index is 0.193. The van der Waals surface area contributed by atoms with Gasteiger partial charge in [0.1, 0.15) is 5.02 Å². The molecule has 1 fully saturated rings. The summed E-state index contributed by atoms with van der Waals surface area (Å²) in [5.41, 5.74) is 0.791. The van der Waals surface area contributed by atoms with E-state index in [1.54, 1.807) is 6.20 Å². The van der Waals surface area contributed by atoms with E-state index in [1.807, 2.05) is 0 Å². The summed E-state index contributed by atoms with van der Waals surface area (Å²) in [6.07, 6.45) is 8.71. The van der Waals surface area contributed by atoms with Gasteiger partial charge in [-0.15, -0.1) is 0 Å². The number of aromatic nitrogens is 2. The summed E-state index contributed by atoms with van der Waals surface area (Å²) in [7, 11) is 0. The second kappa shape index (κ2) is 6.61. The topological polar surface area (TPSA) is 46.9 Å². The number of nitrogens with one attached hydrogen (secondary N) is 1. The average Bonchev–Trinajstić information content (AvgIpc) is 2.87. The first-order chi connectivity index (χ1) is 9.56. The number of halogens is 1. The third kappa shape index (κ3) is 3.54. The first-order valence-corrected chi connectivity index (χ1v) is 7.93. The van der Waals surface area contributed by atoms with Crippen molar-refractivity contribution < 1.29 is 0 Å². The fourth-order valence-electron chi connectivity index (χ4n) is 2.77. The maximum atomic E-state index is 12.1. The van der Waals surface area contributed by atoms with E-state index < -0.39 is 0 Å². The molecule has 1 N–H and O–H groups in total. The largest absolute Gasteiger partial charge is 0.382 e. The molecule has 1 aromatic rings. The van der Waals surface area contributed by atoms with Crippen molar-refractivity contribution >= 4 is 17.3 Å². The van der Waals surface area contributed by atoms with Crippen LogP contribution in [0, 0.1) is 5.41 Å². The molecule has 1 saturated carbocycles. The summed E-state index contributed by atoms with van der Waals surface area (Å²) in [5.74, 6) is 0. The molecule has 0 saturated heterocycles. The van der Waals surface area contributed by atoms with Crippen molar-refractivity contribution in [2.24, 2.45) is 5.41 Å². The second-order valence-corrected chi connectivity index (χ2v) is 6.50. The van der Waals surface area contributed by atoms with Crippen molar-refractivity contribution in [3.63, 3.8) is 0 Å². The highest BCUT2D eigenvalue weighted by atomic mass is 35.5. The van der Waals surface area contributed by atoms with E-state index in [-0.39, 0.29) is 10.6 Å². The minimum atomic E-state index is -0.193. The Bertz CT molecular complexity index is 506. The van der Waals surface area contributed by atoms with Crippen LogP contribution in [0.5, 0.6) is 0 Å². The van der Waals surface area contributed by atoms with Crippen molar-refractivity contribution in [3.8, 4) is 0 Å². The highest BCUT2D eigenvalue weighted by Gasteiger charge is 2.28. The van der Waals surface area contributed by atoms with Crippen molar-refractivity contribution in [3.05, 3.63) is 21.6 Å². The first kappa shape index (κ1) is 15.4. The van der Waals surface area contributed by atoms with Crippen LogP contribution in [0.25, 0.3) is 0 Å². The van der Waals surface area contributed by atoms with Crippen LogP contribution in [0.15, 0.2) is 11.0 Å². The molecule has 20 heavy (non-hydrogen) atoms. The van der Waals surface area contributed by atoms with Gasteiger partial charge in [0.05, 0.1) is 11.9 Å². The zero-order valence-electron chi connectivity index (χ0n) is 12.4. The summed E-state index contributed by atoms with van der Waals surface area (Å²) in [5, 5.41) is 7.78. The molecule has 2 rings (SSSR count). The highest BCUT2D eigenvalue weighted by molar-refractivity contribution is 6.32. The lowest BCUT2D eigenvalue weighted by Crippen LogP contribution is -2.27. The molecule has 1 aliphatic carbocycles. The van der Waals surface area contributed by atoms with Crippen LogP contribution in [0.3, 0.4) is 0 Å². The van der Waals surface area contributed by atoms with Gasteiger partial charge >= 0.3 is 0 Å². The summed E-state index contributed by atoms with van der Waals surface area (Å²) >= 11 is 6.17. The standard InChI is InChI=1S/C15H24ClN3O/c1-3-4-9-19-14(20)13(16)12(10-18-19)17-11-15(2)7-5-6-8-15/h10,17H,3-9,11H2,1-2H3. The van der Waals surface area contributed by atoms with Crippen LogP contribution in [-0.4, -0.2) is 16.3 Å². The van der Waals surface area contributed by atoms with Gasteiger partial charge < -0.3 is 5.32 Å². The van der Waals surface area contributed by atoms with Crippen LogP contribution < -0.4 is 10.9 Å². The lowest BCUT2D eigenvalue weighted by atomic mass is 9.89. The molecule has 1 heterocycles. The fraction of sp³-hybridized carbons (Fsp3) is 0.733. The molecule has 0 bridgehead atoms. The molecule has 112 valence electrons. The fourth-order valence-corrected chi connectivity index (χ4v) is 2.98. The van der Waals surface area contributed by atoms with Crippen LogP contribution in [0.2, 0.25) is 5.02 Å². The smallest absolute Gasteiger partial charge is 0.287 e. The predicted octanol–water partition coefficient (Wildman–Crippen LogP) is 3.69. The monoisotopic (exact) mass is 297 g/mol. The van der Waals surface area contributed by atoms with Crippen LogP contribution in [0.1, 0.15) is 52.4 Å². The molecule has 0 spiro atoms. The van der Waals surface area contributed by atoms with Gasteiger partial charge in [-0.05, 0) is 24.7 Å². The van der Waals surface area contributed by atoms with Gasteiger partial charge in [0.2, 0.25) is 0 Å². The van der Waals surface area contributed by atoms with Gasteiger partial charge in [-0.3, -0.25) is 4.79 Å². The number of aryl methyl sites for hydroxylation is 1. The molecular formula is C15H24ClN3O. The number of hydrogen-bond donors (Lipinski definition) is 1. The zero-order valence-corrected chi connectivity index (χ0v) is 13.2. The van der Waals surface area contributed by atoms with Crippen LogP contribution in [0.4, 0.5) is 5.69 Å². The molecular weight excluding hydrogens is 274 g/mol. The van der Waals surface area contributed by atoms with E-state index in [0.29, 0.717) is 17.6 Å². The normalized spacial score (nSPS) is 17.4. The van der Waals surface area contributed by atoms with Gasteiger partial charge in [0.25, 0.3) is 5.56 Å². The maximum Gasteiger partial charge on any atom is 0.287 e. The molecule has 0 aliphatic heterocycles. The molecule has 0 atom stereocenters. The average molecular weight is 298 g/mol. The summed E-state index contributed by atoms with van der Waals surface area (Å²) in [4.78, 5) is 12.1. The molecule has 0 radical (unpaired) electrons. The molecule has 5 heteroatoms. The Labute approximate surface area is 125 Å². The van der Waals surface area contributed by atoms with Crippen LogP contribution >= 0.6 is 11.6 Å². The van der Waals surface area contributed by atoms with E-state index in [4.69, 9.17) is 11.6 Å². The number of rotatable bonds is 6. The minimum Gasteiger partial charge on any atom is -0.382 e. The Morgan fingerprint density at radius 3 is 2.80 bits per heavy atom. The van der Waals surface area contributed by atoms with E-state index in [1.165, 1.54) is 30.4 Å². The third-order valence-corrected chi connectivity index (χ3v) is 4.59. The summed E-state index contributed by atoms with van der Waals surface area (Å²) in [6, 6.07) is 0. The molecule has 4 nitrogen and oxygen atoms in total. The van der Waals surface area contributed by atoms with E-state index in [9.17, 15) is 4.79 Å². The summed E-state index contributed by atoms with van der Waals surface area (Å²) in [6.45, 7) is 5.86. The molecule has 0 aromatic carbocycles. The second-order valence-electron chi connectivity index (χ2n) is 6.13. The quantitative estimate of drug-likeness (QED) is 0.871. The van der Waals surface area contributed by atoms with E-state index in [2.05, 4.69) is 24.3 Å². The molecule has 0 unspecified atom stereocenters. The molecule has 1 aromatic heterocycles. The lowest BCUT2D eigenvalue weighted by Gasteiger charge is -2.24. The first-order valence-electron chi connectivity index (χ1n) is 7.55. The predicted molar refractivity (Wildman–Crippen MR) is 83.5 cm³/mol. The Hall–Kier alpha value is -1.03.